The standard InChI is InChI=1S/C14H22N4O3.HI/c1-14(2,12(15)19)8-17-13(16)18-9-5-6-10(20-3)11(7-9)21-4;/h5-7H,8H2,1-4H3,(H2,15,19)(H3,16,17,18);1H. The fraction of sp³-hybridized carbons (Fsp3) is 0.429. The second-order valence-corrected chi connectivity index (χ2v) is 5.14. The molecular weight excluding hydrogens is 399 g/mol. The van der Waals surface area contributed by atoms with Crippen LogP contribution in [0.4, 0.5) is 5.69 Å². The first-order chi connectivity index (χ1) is 9.80. The van der Waals surface area contributed by atoms with Gasteiger partial charge in [0, 0.05) is 11.8 Å². The SMILES string of the molecule is COc1ccc(NC(N)=NCC(C)(C)C(N)=O)cc1OC.I. The summed E-state index contributed by atoms with van der Waals surface area (Å²) in [4.78, 5) is 15.3. The summed E-state index contributed by atoms with van der Waals surface area (Å²) < 4.78 is 10.3. The van der Waals surface area contributed by atoms with Crippen molar-refractivity contribution in [3.8, 4) is 11.5 Å². The molecule has 0 bridgehead atoms. The summed E-state index contributed by atoms with van der Waals surface area (Å²) in [6.45, 7) is 3.62. The number of nitrogens with zero attached hydrogens (tertiary/aromatic N) is 1. The molecule has 1 aromatic rings. The number of carbonyl (C=O) groups excluding carboxylic acids is 1. The Hall–Kier alpha value is -1.71. The number of guanidine groups is 1. The quantitative estimate of drug-likeness (QED) is 0.366. The van der Waals surface area contributed by atoms with E-state index in [2.05, 4.69) is 10.3 Å². The predicted molar refractivity (Wildman–Crippen MR) is 98.0 cm³/mol. The van der Waals surface area contributed by atoms with Crippen LogP contribution >= 0.6 is 24.0 Å². The lowest BCUT2D eigenvalue weighted by Crippen LogP contribution is -2.35. The van der Waals surface area contributed by atoms with Crippen molar-refractivity contribution in [3.63, 3.8) is 0 Å². The molecule has 0 aliphatic heterocycles. The van der Waals surface area contributed by atoms with E-state index >= 15 is 0 Å². The molecule has 5 N–H and O–H groups in total. The highest BCUT2D eigenvalue weighted by molar-refractivity contribution is 14.0. The highest BCUT2D eigenvalue weighted by atomic mass is 127. The van der Waals surface area contributed by atoms with E-state index in [0.29, 0.717) is 17.2 Å². The predicted octanol–water partition coefficient (Wildman–Crippen LogP) is 1.56. The lowest BCUT2D eigenvalue weighted by atomic mass is 9.93. The van der Waals surface area contributed by atoms with Crippen LogP contribution in [-0.2, 0) is 4.79 Å². The maximum atomic E-state index is 11.2. The molecule has 124 valence electrons. The van der Waals surface area contributed by atoms with Gasteiger partial charge in [-0.3, -0.25) is 9.79 Å². The van der Waals surface area contributed by atoms with E-state index in [9.17, 15) is 4.79 Å². The van der Waals surface area contributed by atoms with Crippen molar-refractivity contribution in [3.05, 3.63) is 18.2 Å². The second-order valence-electron chi connectivity index (χ2n) is 5.14. The number of benzene rings is 1. The minimum atomic E-state index is -0.746. The fourth-order valence-electron chi connectivity index (χ4n) is 1.46. The lowest BCUT2D eigenvalue weighted by molar-refractivity contribution is -0.125. The van der Waals surface area contributed by atoms with Crippen molar-refractivity contribution < 1.29 is 14.3 Å². The lowest BCUT2D eigenvalue weighted by Gasteiger charge is -2.18. The van der Waals surface area contributed by atoms with Crippen molar-refractivity contribution in [1.29, 1.82) is 0 Å². The third-order valence-electron chi connectivity index (χ3n) is 2.97. The zero-order valence-corrected chi connectivity index (χ0v) is 15.5. The molecule has 0 atom stereocenters. The number of halogens is 1. The third-order valence-corrected chi connectivity index (χ3v) is 2.97. The topological polar surface area (TPSA) is 112 Å². The summed E-state index contributed by atoms with van der Waals surface area (Å²) in [5, 5.41) is 2.92. The number of amides is 1. The largest absolute Gasteiger partial charge is 0.493 e. The first-order valence-corrected chi connectivity index (χ1v) is 6.39. The van der Waals surface area contributed by atoms with Gasteiger partial charge >= 0.3 is 0 Å². The molecule has 7 nitrogen and oxygen atoms in total. The van der Waals surface area contributed by atoms with Gasteiger partial charge in [0.2, 0.25) is 5.91 Å². The highest BCUT2D eigenvalue weighted by Gasteiger charge is 2.24. The van der Waals surface area contributed by atoms with Gasteiger partial charge in [-0.25, -0.2) is 0 Å². The summed E-state index contributed by atoms with van der Waals surface area (Å²) in [6.07, 6.45) is 0. The first-order valence-electron chi connectivity index (χ1n) is 6.39. The zero-order chi connectivity index (χ0) is 16.0. The van der Waals surface area contributed by atoms with Crippen LogP contribution in [0.25, 0.3) is 0 Å². The average molecular weight is 422 g/mol. The van der Waals surface area contributed by atoms with Crippen LogP contribution in [0.3, 0.4) is 0 Å². The van der Waals surface area contributed by atoms with Crippen LogP contribution in [-0.4, -0.2) is 32.6 Å². The van der Waals surface area contributed by atoms with Gasteiger partial charge in [-0.15, -0.1) is 24.0 Å². The Bertz CT molecular complexity index is 547. The summed E-state index contributed by atoms with van der Waals surface area (Å²) in [5.41, 5.74) is 11.0. The van der Waals surface area contributed by atoms with Gasteiger partial charge in [-0.1, -0.05) is 0 Å². The van der Waals surface area contributed by atoms with E-state index < -0.39 is 11.3 Å². The molecule has 0 saturated carbocycles. The monoisotopic (exact) mass is 422 g/mol. The van der Waals surface area contributed by atoms with Crippen LogP contribution in [0.15, 0.2) is 23.2 Å². The van der Waals surface area contributed by atoms with E-state index in [4.69, 9.17) is 20.9 Å². The molecule has 1 aromatic carbocycles. The average Bonchev–Trinajstić information content (AvgIpc) is 2.45. The van der Waals surface area contributed by atoms with Crippen LogP contribution in [0.2, 0.25) is 0 Å². The molecule has 0 spiro atoms. The Balaban J connectivity index is 0.00000441. The van der Waals surface area contributed by atoms with Crippen LogP contribution in [0, 0.1) is 5.41 Å². The van der Waals surface area contributed by atoms with Crippen LogP contribution in [0.1, 0.15) is 13.8 Å². The molecule has 0 aliphatic carbocycles. The number of primary amides is 1. The van der Waals surface area contributed by atoms with Crippen molar-refractivity contribution in [1.82, 2.24) is 0 Å². The number of hydrogen-bond donors (Lipinski definition) is 3. The summed E-state index contributed by atoms with van der Waals surface area (Å²) in [7, 11) is 3.11. The molecule has 0 heterocycles. The van der Waals surface area contributed by atoms with Gasteiger partial charge in [0.1, 0.15) is 0 Å². The maximum absolute atomic E-state index is 11.2. The minimum absolute atomic E-state index is 0. The number of carbonyl (C=O) groups is 1. The summed E-state index contributed by atoms with van der Waals surface area (Å²) in [5.74, 6) is 0.961. The number of ether oxygens (including phenoxy) is 2. The van der Waals surface area contributed by atoms with E-state index in [-0.39, 0.29) is 36.5 Å². The van der Waals surface area contributed by atoms with Gasteiger partial charge in [-0.05, 0) is 26.0 Å². The van der Waals surface area contributed by atoms with Crippen LogP contribution < -0.4 is 26.3 Å². The number of nitrogens with two attached hydrogens (primary N) is 2. The van der Waals surface area contributed by atoms with Gasteiger partial charge in [0.05, 0.1) is 26.2 Å². The van der Waals surface area contributed by atoms with Crippen molar-refractivity contribution in [2.75, 3.05) is 26.1 Å². The number of methoxy groups -OCH3 is 2. The molecule has 0 radical (unpaired) electrons. The number of hydrogen-bond acceptors (Lipinski definition) is 4. The molecule has 0 aliphatic rings. The molecule has 0 fully saturated rings. The Morgan fingerprint density at radius 3 is 2.32 bits per heavy atom. The van der Waals surface area contributed by atoms with E-state index in [1.165, 1.54) is 0 Å². The second kappa shape index (κ2) is 8.66. The minimum Gasteiger partial charge on any atom is -0.493 e. The number of aliphatic imine (C=N–C) groups is 1. The maximum Gasteiger partial charge on any atom is 0.224 e. The molecule has 1 amide bonds. The molecule has 1 rings (SSSR count). The van der Waals surface area contributed by atoms with Gasteiger partial charge < -0.3 is 26.3 Å². The molecule has 8 heteroatoms. The smallest absolute Gasteiger partial charge is 0.224 e. The molecule has 0 aromatic heterocycles. The van der Waals surface area contributed by atoms with Crippen molar-refractivity contribution in [2.45, 2.75) is 13.8 Å². The fourth-order valence-corrected chi connectivity index (χ4v) is 1.46. The molecule has 22 heavy (non-hydrogen) atoms. The normalized spacial score (nSPS) is 11.4. The van der Waals surface area contributed by atoms with E-state index in [1.807, 2.05) is 0 Å². The van der Waals surface area contributed by atoms with E-state index in [0.717, 1.165) is 0 Å². The van der Waals surface area contributed by atoms with E-state index in [1.54, 1.807) is 46.3 Å². The Labute approximate surface area is 147 Å². The van der Waals surface area contributed by atoms with Gasteiger partial charge in [0.25, 0.3) is 0 Å². The highest BCUT2D eigenvalue weighted by Crippen LogP contribution is 2.29. The Morgan fingerprint density at radius 1 is 1.23 bits per heavy atom. The zero-order valence-electron chi connectivity index (χ0n) is 13.2. The van der Waals surface area contributed by atoms with Gasteiger partial charge in [-0.2, -0.15) is 0 Å². The molecular formula is C14H23IN4O3. The molecule has 0 saturated heterocycles. The Morgan fingerprint density at radius 2 is 1.82 bits per heavy atom. The van der Waals surface area contributed by atoms with Crippen molar-refractivity contribution in [2.24, 2.45) is 21.9 Å². The van der Waals surface area contributed by atoms with Gasteiger partial charge in [0.15, 0.2) is 17.5 Å². The van der Waals surface area contributed by atoms with Crippen molar-refractivity contribution >= 4 is 41.5 Å². The number of anilines is 1. The number of rotatable bonds is 6. The van der Waals surface area contributed by atoms with Crippen LogP contribution in [0.5, 0.6) is 11.5 Å². The summed E-state index contributed by atoms with van der Waals surface area (Å²) in [6, 6.07) is 5.27. The Kier molecular flexibility index (Phi) is 7.99. The molecule has 0 unspecified atom stereocenters. The first kappa shape index (κ1) is 20.3. The number of nitrogens with one attached hydrogen (secondary N) is 1. The third kappa shape index (κ3) is 5.58. The summed E-state index contributed by atoms with van der Waals surface area (Å²) >= 11 is 0.